The SMILES string of the molecule is Cc1cccc(Nc2nc(N[C@@H]3CCCC[C@@H]3CC(=O)OC(C)(C)C)cc3c2C(=O)NC3)c1. The zero-order valence-electron chi connectivity index (χ0n) is 20.0. The first-order valence-electron chi connectivity index (χ1n) is 11.8. The Morgan fingerprint density at radius 3 is 2.76 bits per heavy atom. The van der Waals surface area contributed by atoms with Crippen LogP contribution in [0.1, 0.15) is 74.4 Å². The van der Waals surface area contributed by atoms with Crippen molar-refractivity contribution in [3.63, 3.8) is 0 Å². The maximum atomic E-state index is 12.5. The molecule has 0 unspecified atom stereocenters. The topological polar surface area (TPSA) is 92.3 Å². The van der Waals surface area contributed by atoms with E-state index in [0.717, 1.165) is 48.3 Å². The van der Waals surface area contributed by atoms with Crippen molar-refractivity contribution in [3.05, 3.63) is 47.0 Å². The Morgan fingerprint density at radius 1 is 1.21 bits per heavy atom. The quantitative estimate of drug-likeness (QED) is 0.532. The fraction of sp³-hybridized carbons (Fsp3) is 0.500. The molecule has 1 saturated carbocycles. The smallest absolute Gasteiger partial charge is 0.306 e. The number of esters is 1. The number of aromatic nitrogens is 1. The van der Waals surface area contributed by atoms with Gasteiger partial charge in [0.1, 0.15) is 17.2 Å². The summed E-state index contributed by atoms with van der Waals surface area (Å²) in [6.07, 6.45) is 4.58. The zero-order valence-corrected chi connectivity index (χ0v) is 20.0. The van der Waals surface area contributed by atoms with Crippen LogP contribution in [0.2, 0.25) is 0 Å². The maximum absolute atomic E-state index is 12.5. The van der Waals surface area contributed by atoms with Gasteiger partial charge in [0.2, 0.25) is 0 Å². The van der Waals surface area contributed by atoms with Gasteiger partial charge in [0.15, 0.2) is 0 Å². The summed E-state index contributed by atoms with van der Waals surface area (Å²) in [5, 5.41) is 9.82. The Morgan fingerprint density at radius 2 is 2.00 bits per heavy atom. The van der Waals surface area contributed by atoms with Crippen molar-refractivity contribution in [3.8, 4) is 0 Å². The van der Waals surface area contributed by atoms with Crippen molar-refractivity contribution < 1.29 is 14.3 Å². The largest absolute Gasteiger partial charge is 0.460 e. The van der Waals surface area contributed by atoms with Gasteiger partial charge >= 0.3 is 5.97 Å². The molecule has 0 spiro atoms. The number of rotatable bonds is 6. The molecule has 1 fully saturated rings. The second-order valence-corrected chi connectivity index (χ2v) is 10.2. The van der Waals surface area contributed by atoms with Gasteiger partial charge in [-0.1, -0.05) is 25.0 Å². The summed E-state index contributed by atoms with van der Waals surface area (Å²) in [7, 11) is 0. The Hall–Kier alpha value is -3.09. The molecule has 1 amide bonds. The van der Waals surface area contributed by atoms with Gasteiger partial charge in [-0.15, -0.1) is 0 Å². The molecule has 2 aliphatic rings. The minimum atomic E-state index is -0.480. The van der Waals surface area contributed by atoms with Gasteiger partial charge in [0, 0.05) is 18.3 Å². The zero-order chi connectivity index (χ0) is 23.6. The number of nitrogens with one attached hydrogen (secondary N) is 3. The standard InChI is InChI=1S/C26H34N4O3/c1-16-8-7-10-19(12-16)28-24-23-18(15-27-25(23)32)13-21(30-24)29-20-11-6-5-9-17(20)14-22(31)33-26(2,3)4/h7-8,10,12-13,17,20H,5-6,9,11,14-15H2,1-4H3,(H,27,32)(H2,28,29,30)/t17-,20-/m1/s1. The summed E-state index contributed by atoms with van der Waals surface area (Å²) in [5.74, 6) is 1.20. The average Bonchev–Trinajstić information content (AvgIpc) is 3.09. The lowest BCUT2D eigenvalue weighted by Crippen LogP contribution is -2.35. The van der Waals surface area contributed by atoms with Crippen LogP contribution in [-0.2, 0) is 16.1 Å². The minimum Gasteiger partial charge on any atom is -0.460 e. The van der Waals surface area contributed by atoms with Crippen LogP contribution in [0.3, 0.4) is 0 Å². The number of ether oxygens (including phenoxy) is 1. The van der Waals surface area contributed by atoms with E-state index < -0.39 is 5.60 Å². The molecule has 2 aromatic rings. The van der Waals surface area contributed by atoms with Gasteiger partial charge in [-0.25, -0.2) is 4.98 Å². The van der Waals surface area contributed by atoms with Crippen molar-refractivity contribution in [2.75, 3.05) is 10.6 Å². The normalized spacial score (nSPS) is 20.1. The summed E-state index contributed by atoms with van der Waals surface area (Å²) in [6.45, 7) is 8.21. The molecule has 7 heteroatoms. The van der Waals surface area contributed by atoms with E-state index in [2.05, 4.69) is 16.0 Å². The number of hydrogen-bond donors (Lipinski definition) is 3. The summed E-state index contributed by atoms with van der Waals surface area (Å²) < 4.78 is 5.57. The predicted octanol–water partition coefficient (Wildman–Crippen LogP) is 5.08. The molecule has 0 bridgehead atoms. The van der Waals surface area contributed by atoms with Gasteiger partial charge in [-0.3, -0.25) is 9.59 Å². The predicted molar refractivity (Wildman–Crippen MR) is 130 cm³/mol. The van der Waals surface area contributed by atoms with Gasteiger partial charge in [-0.05, 0) is 75.8 Å². The molecule has 1 aromatic heterocycles. The number of carbonyl (C=O) groups excluding carboxylic acids is 2. The number of aryl methyl sites for hydroxylation is 1. The molecule has 33 heavy (non-hydrogen) atoms. The van der Waals surface area contributed by atoms with E-state index in [4.69, 9.17) is 9.72 Å². The van der Waals surface area contributed by atoms with Crippen molar-refractivity contribution in [1.82, 2.24) is 10.3 Å². The summed E-state index contributed by atoms with van der Waals surface area (Å²) in [4.78, 5) is 29.7. The molecule has 4 rings (SSSR count). The first-order valence-corrected chi connectivity index (χ1v) is 11.8. The lowest BCUT2D eigenvalue weighted by molar-refractivity contribution is -0.156. The van der Waals surface area contributed by atoms with E-state index in [1.807, 2.05) is 58.0 Å². The van der Waals surface area contributed by atoms with Crippen LogP contribution in [0, 0.1) is 12.8 Å². The Bertz CT molecular complexity index is 1040. The number of pyridine rings is 1. The van der Waals surface area contributed by atoms with Crippen molar-refractivity contribution >= 4 is 29.2 Å². The first-order chi connectivity index (χ1) is 15.7. The number of carbonyl (C=O) groups is 2. The summed E-state index contributed by atoms with van der Waals surface area (Å²) in [5.41, 5.74) is 3.05. The van der Waals surface area contributed by atoms with E-state index in [0.29, 0.717) is 24.3 Å². The highest BCUT2D eigenvalue weighted by Gasteiger charge is 2.31. The molecule has 1 aliphatic carbocycles. The third kappa shape index (κ3) is 5.83. The molecule has 1 aliphatic heterocycles. The van der Waals surface area contributed by atoms with E-state index >= 15 is 0 Å². The van der Waals surface area contributed by atoms with E-state index in [1.165, 1.54) is 0 Å². The van der Waals surface area contributed by atoms with E-state index in [-0.39, 0.29) is 23.8 Å². The number of fused-ring (bicyclic) bond motifs is 1. The maximum Gasteiger partial charge on any atom is 0.306 e. The Balaban J connectivity index is 1.55. The van der Waals surface area contributed by atoms with Gasteiger partial charge < -0.3 is 20.7 Å². The molecular formula is C26H34N4O3. The fourth-order valence-electron chi connectivity index (χ4n) is 4.71. The Kier molecular flexibility index (Phi) is 6.58. The van der Waals surface area contributed by atoms with Crippen LogP contribution in [0.15, 0.2) is 30.3 Å². The van der Waals surface area contributed by atoms with Crippen molar-refractivity contribution in [2.45, 2.75) is 78.0 Å². The highest BCUT2D eigenvalue weighted by atomic mass is 16.6. The molecule has 3 N–H and O–H groups in total. The summed E-state index contributed by atoms with van der Waals surface area (Å²) >= 11 is 0. The van der Waals surface area contributed by atoms with Crippen LogP contribution in [0.25, 0.3) is 0 Å². The van der Waals surface area contributed by atoms with Crippen molar-refractivity contribution in [1.29, 1.82) is 0 Å². The molecule has 176 valence electrons. The van der Waals surface area contributed by atoms with E-state index in [9.17, 15) is 9.59 Å². The van der Waals surface area contributed by atoms with Gasteiger partial charge in [0.25, 0.3) is 5.91 Å². The highest BCUT2D eigenvalue weighted by Crippen LogP contribution is 2.33. The molecule has 7 nitrogen and oxygen atoms in total. The molecule has 0 saturated heterocycles. The molecule has 1 aromatic carbocycles. The lowest BCUT2D eigenvalue weighted by Gasteiger charge is -2.33. The van der Waals surface area contributed by atoms with Crippen LogP contribution in [-0.4, -0.2) is 28.5 Å². The third-order valence-electron chi connectivity index (χ3n) is 6.14. The average molecular weight is 451 g/mol. The fourth-order valence-corrected chi connectivity index (χ4v) is 4.71. The number of amides is 1. The number of benzene rings is 1. The monoisotopic (exact) mass is 450 g/mol. The van der Waals surface area contributed by atoms with Gasteiger partial charge in [0.05, 0.1) is 12.0 Å². The summed E-state index contributed by atoms with van der Waals surface area (Å²) in [6, 6.07) is 10.1. The van der Waals surface area contributed by atoms with Crippen molar-refractivity contribution in [2.24, 2.45) is 5.92 Å². The molecule has 0 radical (unpaired) electrons. The van der Waals surface area contributed by atoms with Gasteiger partial charge in [-0.2, -0.15) is 0 Å². The second-order valence-electron chi connectivity index (χ2n) is 10.2. The first kappa shape index (κ1) is 23.1. The van der Waals surface area contributed by atoms with Crippen LogP contribution in [0.4, 0.5) is 17.3 Å². The number of anilines is 3. The minimum absolute atomic E-state index is 0.111. The molecule has 2 heterocycles. The molecule has 2 atom stereocenters. The second kappa shape index (κ2) is 9.41. The number of nitrogens with zero attached hydrogens (tertiary/aromatic N) is 1. The third-order valence-corrected chi connectivity index (χ3v) is 6.14. The van der Waals surface area contributed by atoms with Crippen LogP contribution in [0.5, 0.6) is 0 Å². The Labute approximate surface area is 195 Å². The van der Waals surface area contributed by atoms with Crippen LogP contribution < -0.4 is 16.0 Å². The molecular weight excluding hydrogens is 416 g/mol. The lowest BCUT2D eigenvalue weighted by atomic mass is 9.82. The highest BCUT2D eigenvalue weighted by molar-refractivity contribution is 6.03. The number of hydrogen-bond acceptors (Lipinski definition) is 6. The van der Waals surface area contributed by atoms with Crippen LogP contribution >= 0.6 is 0 Å². The van der Waals surface area contributed by atoms with E-state index in [1.54, 1.807) is 0 Å².